The van der Waals surface area contributed by atoms with Crippen LogP contribution in [0.15, 0.2) is 53.6 Å². The lowest BCUT2D eigenvalue weighted by atomic mass is 10.0. The second-order valence-corrected chi connectivity index (χ2v) is 5.42. The Bertz CT molecular complexity index is 787. The molecule has 0 radical (unpaired) electrons. The number of carbonyl (C=O) groups is 1. The van der Waals surface area contributed by atoms with Crippen molar-refractivity contribution in [2.45, 2.75) is 12.8 Å². The fourth-order valence-corrected chi connectivity index (χ4v) is 2.64. The Kier molecular flexibility index (Phi) is 4.51. The van der Waals surface area contributed by atoms with E-state index in [4.69, 9.17) is 0 Å². The van der Waals surface area contributed by atoms with Crippen molar-refractivity contribution in [1.29, 1.82) is 0 Å². The summed E-state index contributed by atoms with van der Waals surface area (Å²) in [6.07, 6.45) is 3.66. The Labute approximate surface area is 138 Å². The second kappa shape index (κ2) is 6.91. The maximum Gasteiger partial charge on any atom is 0.271 e. The number of amides is 1. The lowest BCUT2D eigenvalue weighted by molar-refractivity contribution is -0.384. The zero-order valence-corrected chi connectivity index (χ0v) is 12.9. The van der Waals surface area contributed by atoms with E-state index in [9.17, 15) is 14.9 Å². The summed E-state index contributed by atoms with van der Waals surface area (Å²) in [4.78, 5) is 24.1. The molecule has 0 bridgehead atoms. The van der Waals surface area contributed by atoms with Gasteiger partial charge in [-0.1, -0.05) is 18.2 Å². The first-order chi connectivity index (χ1) is 11.6. The Morgan fingerprint density at radius 2 is 1.96 bits per heavy atom. The lowest BCUT2D eigenvalue weighted by Crippen LogP contribution is -2.29. The van der Waals surface area contributed by atoms with Crippen molar-refractivity contribution >= 4 is 23.6 Å². The van der Waals surface area contributed by atoms with Crippen LogP contribution >= 0.6 is 0 Å². The Hall–Kier alpha value is -3.22. The molecule has 0 atom stereocenters. The number of rotatable bonds is 4. The summed E-state index contributed by atoms with van der Waals surface area (Å²) >= 11 is 0. The number of fused-ring (bicyclic) bond motifs is 1. The van der Waals surface area contributed by atoms with E-state index >= 15 is 0 Å². The lowest BCUT2D eigenvalue weighted by Gasteiger charge is -2.27. The van der Waals surface area contributed by atoms with Gasteiger partial charge >= 0.3 is 0 Å². The van der Waals surface area contributed by atoms with Gasteiger partial charge in [0.2, 0.25) is 0 Å². The number of hydrazone groups is 1. The average Bonchev–Trinajstić information content (AvgIpc) is 2.62. The molecule has 0 saturated carbocycles. The number of hydrogen-bond acceptors (Lipinski definition) is 4. The highest BCUT2D eigenvalue weighted by molar-refractivity contribution is 5.95. The first kappa shape index (κ1) is 15.7. The minimum absolute atomic E-state index is 0.0556. The Balaban J connectivity index is 1.64. The normalized spacial score (nSPS) is 13.6. The van der Waals surface area contributed by atoms with Gasteiger partial charge < -0.3 is 4.90 Å². The van der Waals surface area contributed by atoms with Gasteiger partial charge in [-0.2, -0.15) is 5.10 Å². The average molecular weight is 324 g/mol. The molecule has 0 unspecified atom stereocenters. The second-order valence-electron chi connectivity index (χ2n) is 5.42. The zero-order valence-electron chi connectivity index (χ0n) is 12.9. The van der Waals surface area contributed by atoms with Crippen LogP contribution in [0.5, 0.6) is 0 Å². The van der Waals surface area contributed by atoms with Crippen molar-refractivity contribution < 1.29 is 9.72 Å². The molecular formula is C17H16N4O3. The summed E-state index contributed by atoms with van der Waals surface area (Å²) in [7, 11) is 0. The number of nitrogens with zero attached hydrogens (tertiary/aromatic N) is 3. The van der Waals surface area contributed by atoms with Gasteiger partial charge in [0.05, 0.1) is 4.92 Å². The van der Waals surface area contributed by atoms with Gasteiger partial charge in [0.15, 0.2) is 0 Å². The number of nitrogens with one attached hydrogen (secondary N) is 1. The quantitative estimate of drug-likeness (QED) is 0.405. The summed E-state index contributed by atoms with van der Waals surface area (Å²) < 4.78 is 0. The van der Waals surface area contributed by atoms with Crippen molar-refractivity contribution in [1.82, 2.24) is 5.43 Å². The van der Waals surface area contributed by atoms with Crippen molar-refractivity contribution in [3.63, 3.8) is 0 Å². The van der Waals surface area contributed by atoms with Crippen molar-refractivity contribution in [2.24, 2.45) is 5.10 Å². The molecule has 3 rings (SSSR count). The molecule has 1 amide bonds. The SMILES string of the molecule is O=C(N/N=C\N1CCCc2ccccc21)c1ccc([N+](=O)[O-])cc1. The molecule has 24 heavy (non-hydrogen) atoms. The molecule has 0 aliphatic carbocycles. The molecular weight excluding hydrogens is 308 g/mol. The minimum Gasteiger partial charge on any atom is -0.331 e. The number of nitro groups is 1. The third-order valence-corrected chi connectivity index (χ3v) is 3.85. The van der Waals surface area contributed by atoms with Crippen LogP contribution in [0, 0.1) is 10.1 Å². The molecule has 2 aromatic rings. The highest BCUT2D eigenvalue weighted by Crippen LogP contribution is 2.25. The molecule has 2 aromatic carbocycles. The summed E-state index contributed by atoms with van der Waals surface area (Å²) in [5.41, 5.74) is 5.06. The van der Waals surface area contributed by atoms with E-state index in [1.165, 1.54) is 29.8 Å². The largest absolute Gasteiger partial charge is 0.331 e. The summed E-state index contributed by atoms with van der Waals surface area (Å²) in [6.45, 7) is 0.841. The summed E-state index contributed by atoms with van der Waals surface area (Å²) in [5.74, 6) is -0.411. The number of hydrogen-bond donors (Lipinski definition) is 1. The minimum atomic E-state index is -0.506. The van der Waals surface area contributed by atoms with Crippen LogP contribution in [-0.2, 0) is 6.42 Å². The molecule has 7 heteroatoms. The van der Waals surface area contributed by atoms with Crippen molar-refractivity contribution in [3.05, 3.63) is 69.8 Å². The van der Waals surface area contributed by atoms with Crippen molar-refractivity contribution in [3.8, 4) is 0 Å². The predicted octanol–water partition coefficient (Wildman–Crippen LogP) is 2.72. The van der Waals surface area contributed by atoms with E-state index in [1.807, 2.05) is 23.1 Å². The van der Waals surface area contributed by atoms with Crippen LogP contribution in [0.4, 0.5) is 11.4 Å². The number of carbonyl (C=O) groups excluding carboxylic acids is 1. The molecule has 7 nitrogen and oxygen atoms in total. The molecule has 1 aliphatic rings. The fourth-order valence-electron chi connectivity index (χ4n) is 2.64. The molecule has 0 saturated heterocycles. The number of benzene rings is 2. The van der Waals surface area contributed by atoms with E-state index < -0.39 is 10.8 Å². The molecule has 122 valence electrons. The summed E-state index contributed by atoms with van der Waals surface area (Å²) in [5, 5.41) is 14.6. The third-order valence-electron chi connectivity index (χ3n) is 3.85. The highest BCUT2D eigenvalue weighted by atomic mass is 16.6. The number of nitro benzene ring substituents is 1. The van der Waals surface area contributed by atoms with E-state index in [1.54, 1.807) is 6.34 Å². The van der Waals surface area contributed by atoms with Gasteiger partial charge in [-0.3, -0.25) is 14.9 Å². The maximum absolute atomic E-state index is 12.0. The maximum atomic E-state index is 12.0. The Morgan fingerprint density at radius 3 is 2.71 bits per heavy atom. The molecule has 0 spiro atoms. The van der Waals surface area contributed by atoms with Gasteiger partial charge in [-0.25, -0.2) is 5.43 Å². The monoisotopic (exact) mass is 324 g/mol. The third kappa shape index (κ3) is 3.40. The summed E-state index contributed by atoms with van der Waals surface area (Å²) in [6, 6.07) is 13.5. The first-order valence-electron chi connectivity index (χ1n) is 7.57. The van der Waals surface area contributed by atoms with Crippen LogP contribution in [0.1, 0.15) is 22.3 Å². The number of para-hydroxylation sites is 1. The molecule has 1 aliphatic heterocycles. The molecule has 0 fully saturated rings. The Morgan fingerprint density at radius 1 is 1.21 bits per heavy atom. The van der Waals surface area contributed by atoms with Gasteiger partial charge in [-0.05, 0) is 36.6 Å². The van der Waals surface area contributed by atoms with Crippen LogP contribution in [-0.4, -0.2) is 23.7 Å². The molecule has 1 N–H and O–H groups in total. The molecule has 0 aromatic heterocycles. The van der Waals surface area contributed by atoms with Crippen LogP contribution < -0.4 is 10.3 Å². The topological polar surface area (TPSA) is 87.8 Å². The number of non-ortho nitro benzene ring substituents is 1. The van der Waals surface area contributed by atoms with Gasteiger partial charge in [0, 0.05) is 29.9 Å². The number of aryl methyl sites for hydroxylation is 1. The zero-order chi connectivity index (χ0) is 16.9. The van der Waals surface area contributed by atoms with Crippen LogP contribution in [0.3, 0.4) is 0 Å². The van der Waals surface area contributed by atoms with Gasteiger partial charge in [0.25, 0.3) is 11.6 Å². The van der Waals surface area contributed by atoms with Crippen LogP contribution in [0.25, 0.3) is 0 Å². The highest BCUT2D eigenvalue weighted by Gasteiger charge is 2.14. The van der Waals surface area contributed by atoms with Gasteiger partial charge in [-0.15, -0.1) is 0 Å². The van der Waals surface area contributed by atoms with E-state index in [0.717, 1.165) is 25.1 Å². The van der Waals surface area contributed by atoms with Gasteiger partial charge in [0.1, 0.15) is 6.34 Å². The van der Waals surface area contributed by atoms with Crippen molar-refractivity contribution in [2.75, 3.05) is 11.4 Å². The fraction of sp³-hybridized carbons (Fsp3) is 0.176. The standard InChI is InChI=1S/C17H16N4O3/c22-17(14-7-9-15(10-8-14)21(23)24)19-18-12-20-11-3-5-13-4-1-2-6-16(13)20/h1-2,4,6-10,12H,3,5,11H2,(H,19,22)/b18-12-. The van der Waals surface area contributed by atoms with E-state index in [0.29, 0.717) is 5.56 Å². The smallest absolute Gasteiger partial charge is 0.271 e. The predicted molar refractivity (Wildman–Crippen MR) is 91.2 cm³/mol. The van der Waals surface area contributed by atoms with E-state index in [-0.39, 0.29) is 5.69 Å². The van der Waals surface area contributed by atoms with E-state index in [2.05, 4.69) is 16.6 Å². The molecule has 1 heterocycles. The first-order valence-corrected chi connectivity index (χ1v) is 7.57. The number of anilines is 1. The van der Waals surface area contributed by atoms with Crippen LogP contribution in [0.2, 0.25) is 0 Å².